The van der Waals surface area contributed by atoms with E-state index >= 15 is 0 Å². The first-order valence-electron chi connectivity index (χ1n) is 9.39. The lowest BCUT2D eigenvalue weighted by atomic mass is 9.81. The van der Waals surface area contributed by atoms with Crippen LogP contribution < -0.4 is 0 Å². The van der Waals surface area contributed by atoms with Gasteiger partial charge in [-0.15, -0.1) is 0 Å². The lowest BCUT2D eigenvalue weighted by molar-refractivity contribution is 0.342. The zero-order valence-electron chi connectivity index (χ0n) is 14.9. The molecule has 26 heavy (non-hydrogen) atoms. The third-order valence-electron chi connectivity index (χ3n) is 5.58. The molecule has 1 aliphatic carbocycles. The zero-order valence-corrected chi connectivity index (χ0v) is 16.4. The van der Waals surface area contributed by atoms with E-state index in [0.29, 0.717) is 16.9 Å². The molecule has 1 saturated carbocycles. The molecule has 0 radical (unpaired) electrons. The molecule has 1 aliphatic rings. The van der Waals surface area contributed by atoms with E-state index in [4.69, 9.17) is 28.2 Å². The van der Waals surface area contributed by atoms with Crippen molar-refractivity contribution in [2.24, 2.45) is 11.8 Å². The van der Waals surface area contributed by atoms with E-state index < -0.39 is 0 Å². The molecule has 4 rings (SSSR count). The van der Waals surface area contributed by atoms with Crippen molar-refractivity contribution in [1.29, 1.82) is 0 Å². The molecule has 3 nitrogen and oxygen atoms in total. The van der Waals surface area contributed by atoms with Crippen molar-refractivity contribution in [3.8, 4) is 0 Å². The highest BCUT2D eigenvalue weighted by Gasteiger charge is 2.38. The van der Waals surface area contributed by atoms with Crippen molar-refractivity contribution in [1.82, 2.24) is 15.0 Å². The molecule has 2 aromatic heterocycles. The Morgan fingerprint density at radius 2 is 2.08 bits per heavy atom. The number of hydrogen-bond donors (Lipinski definition) is 1. The van der Waals surface area contributed by atoms with Crippen LogP contribution in [0, 0.1) is 11.8 Å². The number of aryl methyl sites for hydroxylation is 1. The number of halogens is 2. The van der Waals surface area contributed by atoms with Crippen molar-refractivity contribution in [3.05, 3.63) is 58.1 Å². The Labute approximate surface area is 164 Å². The Kier molecular flexibility index (Phi) is 5.19. The van der Waals surface area contributed by atoms with Gasteiger partial charge in [0.25, 0.3) is 0 Å². The van der Waals surface area contributed by atoms with E-state index in [1.807, 2.05) is 24.4 Å². The Morgan fingerprint density at radius 1 is 1.23 bits per heavy atom. The number of fused-ring (bicyclic) bond motifs is 1. The van der Waals surface area contributed by atoms with Gasteiger partial charge < -0.3 is 4.98 Å². The molecule has 2 atom stereocenters. The average Bonchev–Trinajstić information content (AvgIpc) is 3.37. The molecule has 0 aliphatic heterocycles. The number of rotatable bonds is 7. The standard InChI is InChI=1S/C21H23Cl2N3/c1-2-13(3-4-14-7-8-16(22)11-17(14)23)20(15-5-6-15)21-25-18-9-10-24-12-19(18)26-21/h7-13,15,20H,2-6H2,1H3,(H,25,26). The number of nitrogens with one attached hydrogen (secondary N) is 1. The number of imidazole rings is 1. The molecule has 2 heterocycles. The molecule has 136 valence electrons. The minimum absolute atomic E-state index is 0.485. The van der Waals surface area contributed by atoms with E-state index in [1.165, 1.54) is 18.4 Å². The highest BCUT2D eigenvalue weighted by atomic mass is 35.5. The summed E-state index contributed by atoms with van der Waals surface area (Å²) in [5.74, 6) is 2.94. The second-order valence-electron chi connectivity index (χ2n) is 7.32. The fourth-order valence-electron chi connectivity index (χ4n) is 4.02. The average molecular weight is 388 g/mol. The summed E-state index contributed by atoms with van der Waals surface area (Å²) in [7, 11) is 0. The van der Waals surface area contributed by atoms with Gasteiger partial charge in [-0.05, 0) is 61.3 Å². The normalized spacial score (nSPS) is 16.7. The fraction of sp³-hybridized carbons (Fsp3) is 0.429. The van der Waals surface area contributed by atoms with Crippen molar-refractivity contribution in [3.63, 3.8) is 0 Å². The predicted octanol–water partition coefficient (Wildman–Crippen LogP) is 6.42. The molecule has 0 spiro atoms. The van der Waals surface area contributed by atoms with E-state index in [1.54, 1.807) is 6.20 Å². The molecular weight excluding hydrogens is 365 g/mol. The van der Waals surface area contributed by atoms with Crippen LogP contribution >= 0.6 is 23.2 Å². The molecule has 0 bridgehead atoms. The number of aromatic amines is 1. The maximum Gasteiger partial charge on any atom is 0.110 e. The number of hydrogen-bond acceptors (Lipinski definition) is 2. The number of nitrogens with zero attached hydrogens (tertiary/aromatic N) is 2. The lowest BCUT2D eigenvalue weighted by Gasteiger charge is -2.25. The van der Waals surface area contributed by atoms with Gasteiger partial charge in [-0.1, -0.05) is 42.6 Å². The lowest BCUT2D eigenvalue weighted by Crippen LogP contribution is -2.17. The topological polar surface area (TPSA) is 41.6 Å². The molecular formula is C21H23Cl2N3. The highest BCUT2D eigenvalue weighted by molar-refractivity contribution is 6.35. The van der Waals surface area contributed by atoms with Crippen LogP contribution in [0.15, 0.2) is 36.7 Å². The Morgan fingerprint density at radius 3 is 2.77 bits per heavy atom. The van der Waals surface area contributed by atoms with Crippen molar-refractivity contribution >= 4 is 34.2 Å². The molecule has 5 heteroatoms. The minimum atomic E-state index is 0.485. The van der Waals surface area contributed by atoms with Crippen LogP contribution in [0.2, 0.25) is 10.0 Å². The summed E-state index contributed by atoms with van der Waals surface area (Å²) < 4.78 is 0. The molecule has 1 fully saturated rings. The summed E-state index contributed by atoms with van der Waals surface area (Å²) in [6.45, 7) is 2.29. The fourth-order valence-corrected chi connectivity index (χ4v) is 4.53. The Balaban J connectivity index is 1.56. The van der Waals surface area contributed by atoms with Crippen LogP contribution in [0.3, 0.4) is 0 Å². The van der Waals surface area contributed by atoms with E-state index in [2.05, 4.69) is 23.0 Å². The molecule has 0 amide bonds. The molecule has 1 aromatic carbocycles. The van der Waals surface area contributed by atoms with Crippen LogP contribution in [0.5, 0.6) is 0 Å². The number of aromatic nitrogens is 3. The molecule has 2 unspecified atom stereocenters. The second-order valence-corrected chi connectivity index (χ2v) is 8.16. The first kappa shape index (κ1) is 17.8. The van der Waals surface area contributed by atoms with Crippen molar-refractivity contribution in [2.45, 2.75) is 44.9 Å². The monoisotopic (exact) mass is 387 g/mol. The number of H-pyrrole nitrogens is 1. The smallest absolute Gasteiger partial charge is 0.110 e. The van der Waals surface area contributed by atoms with Crippen LogP contribution in [0.4, 0.5) is 0 Å². The first-order chi connectivity index (χ1) is 12.7. The summed E-state index contributed by atoms with van der Waals surface area (Å²) >= 11 is 12.4. The van der Waals surface area contributed by atoms with Crippen LogP contribution in [0.1, 0.15) is 49.9 Å². The number of benzene rings is 1. The summed E-state index contributed by atoms with van der Waals surface area (Å²) in [6, 6.07) is 7.79. The Bertz CT molecular complexity index is 868. The van der Waals surface area contributed by atoms with Gasteiger partial charge in [0.2, 0.25) is 0 Å². The number of pyridine rings is 1. The SMILES string of the molecule is CCC(CCc1ccc(Cl)cc1Cl)C(c1nc2ccncc2[nH]1)C1CC1. The van der Waals surface area contributed by atoms with Crippen LogP contribution in [-0.2, 0) is 6.42 Å². The first-order valence-corrected chi connectivity index (χ1v) is 10.1. The van der Waals surface area contributed by atoms with Gasteiger partial charge in [0, 0.05) is 22.2 Å². The van der Waals surface area contributed by atoms with Crippen molar-refractivity contribution < 1.29 is 0 Å². The van der Waals surface area contributed by atoms with Gasteiger partial charge in [-0.25, -0.2) is 4.98 Å². The second kappa shape index (κ2) is 7.58. The summed E-state index contributed by atoms with van der Waals surface area (Å²) in [6.07, 6.45) is 9.50. The van der Waals surface area contributed by atoms with Gasteiger partial charge in [0.15, 0.2) is 0 Å². The molecule has 3 aromatic rings. The van der Waals surface area contributed by atoms with Crippen molar-refractivity contribution in [2.75, 3.05) is 0 Å². The predicted molar refractivity (Wildman–Crippen MR) is 108 cm³/mol. The largest absolute Gasteiger partial charge is 0.340 e. The molecule has 1 N–H and O–H groups in total. The van der Waals surface area contributed by atoms with E-state index in [0.717, 1.165) is 47.1 Å². The van der Waals surface area contributed by atoms with Gasteiger partial charge in [-0.3, -0.25) is 4.98 Å². The van der Waals surface area contributed by atoms with Crippen LogP contribution in [0.25, 0.3) is 11.0 Å². The zero-order chi connectivity index (χ0) is 18.1. The maximum atomic E-state index is 6.37. The highest BCUT2D eigenvalue weighted by Crippen LogP contribution is 2.48. The maximum absolute atomic E-state index is 6.37. The quantitative estimate of drug-likeness (QED) is 0.508. The third kappa shape index (κ3) is 3.74. The van der Waals surface area contributed by atoms with E-state index in [9.17, 15) is 0 Å². The van der Waals surface area contributed by atoms with Gasteiger partial charge >= 0.3 is 0 Å². The van der Waals surface area contributed by atoms with Gasteiger partial charge in [0.1, 0.15) is 5.82 Å². The van der Waals surface area contributed by atoms with Gasteiger partial charge in [0.05, 0.1) is 17.2 Å². The summed E-state index contributed by atoms with van der Waals surface area (Å²) in [5.41, 5.74) is 3.22. The van der Waals surface area contributed by atoms with Gasteiger partial charge in [-0.2, -0.15) is 0 Å². The summed E-state index contributed by atoms with van der Waals surface area (Å²) in [4.78, 5) is 12.6. The van der Waals surface area contributed by atoms with E-state index in [-0.39, 0.29) is 0 Å². The molecule has 0 saturated heterocycles. The Hall–Kier alpha value is -1.58. The summed E-state index contributed by atoms with van der Waals surface area (Å²) in [5, 5.41) is 1.46. The third-order valence-corrected chi connectivity index (χ3v) is 6.17. The minimum Gasteiger partial charge on any atom is -0.340 e. The van der Waals surface area contributed by atoms with Crippen LogP contribution in [-0.4, -0.2) is 15.0 Å².